The van der Waals surface area contributed by atoms with Crippen LogP contribution in [-0.4, -0.2) is 12.4 Å². The third-order valence-corrected chi connectivity index (χ3v) is 2.64. The van der Waals surface area contributed by atoms with Crippen LogP contribution >= 0.6 is 11.6 Å². The van der Waals surface area contributed by atoms with Crippen molar-refractivity contribution in [3.63, 3.8) is 0 Å². The quantitative estimate of drug-likeness (QED) is 0.787. The van der Waals surface area contributed by atoms with E-state index >= 15 is 0 Å². The van der Waals surface area contributed by atoms with Crippen LogP contribution in [0.4, 0.5) is 4.39 Å². The SMILES string of the molecule is O=C(COc1ccccc1)c1ccc(F)c(Cl)c1. The maximum atomic E-state index is 12.9. The zero-order chi connectivity index (χ0) is 13.0. The van der Waals surface area contributed by atoms with Gasteiger partial charge in [0.1, 0.15) is 11.6 Å². The summed E-state index contributed by atoms with van der Waals surface area (Å²) in [4.78, 5) is 11.8. The Morgan fingerprint density at radius 1 is 1.17 bits per heavy atom. The predicted octanol–water partition coefficient (Wildman–Crippen LogP) is 3.74. The topological polar surface area (TPSA) is 26.3 Å². The fourth-order valence-electron chi connectivity index (χ4n) is 1.42. The predicted molar refractivity (Wildman–Crippen MR) is 67.7 cm³/mol. The van der Waals surface area contributed by atoms with Crippen molar-refractivity contribution < 1.29 is 13.9 Å². The summed E-state index contributed by atoms with van der Waals surface area (Å²) in [5.74, 6) is -0.183. The van der Waals surface area contributed by atoms with Gasteiger partial charge in [-0.1, -0.05) is 29.8 Å². The molecule has 2 rings (SSSR count). The number of hydrogen-bond acceptors (Lipinski definition) is 2. The van der Waals surface area contributed by atoms with Gasteiger partial charge < -0.3 is 4.74 Å². The molecule has 4 heteroatoms. The van der Waals surface area contributed by atoms with Crippen LogP contribution in [-0.2, 0) is 0 Å². The molecule has 0 radical (unpaired) electrons. The van der Waals surface area contributed by atoms with Crippen molar-refractivity contribution in [2.24, 2.45) is 0 Å². The van der Waals surface area contributed by atoms with Gasteiger partial charge in [-0.3, -0.25) is 4.79 Å². The van der Waals surface area contributed by atoms with Crippen molar-refractivity contribution in [1.82, 2.24) is 0 Å². The number of halogens is 2. The molecule has 0 aliphatic heterocycles. The third kappa shape index (κ3) is 3.08. The molecule has 0 aliphatic carbocycles. The summed E-state index contributed by atoms with van der Waals surface area (Å²) >= 11 is 5.61. The van der Waals surface area contributed by atoms with Gasteiger partial charge in [-0.25, -0.2) is 4.39 Å². The zero-order valence-electron chi connectivity index (χ0n) is 9.40. The van der Waals surface area contributed by atoms with Gasteiger partial charge in [0.05, 0.1) is 5.02 Å². The average Bonchev–Trinajstić information content (AvgIpc) is 2.40. The molecule has 0 N–H and O–H groups in total. The van der Waals surface area contributed by atoms with Crippen LogP contribution in [0.5, 0.6) is 5.75 Å². The molecule has 0 saturated carbocycles. The van der Waals surface area contributed by atoms with E-state index in [-0.39, 0.29) is 17.4 Å². The molecule has 0 bridgehead atoms. The summed E-state index contributed by atoms with van der Waals surface area (Å²) in [6.45, 7) is -0.105. The van der Waals surface area contributed by atoms with E-state index in [1.807, 2.05) is 18.2 Å². The summed E-state index contributed by atoms with van der Waals surface area (Å²) < 4.78 is 18.2. The number of hydrogen-bond donors (Lipinski definition) is 0. The highest BCUT2D eigenvalue weighted by molar-refractivity contribution is 6.31. The number of carbonyl (C=O) groups is 1. The van der Waals surface area contributed by atoms with E-state index in [0.717, 1.165) is 6.07 Å². The number of para-hydroxylation sites is 1. The molecule has 0 unspecified atom stereocenters. The molecule has 0 spiro atoms. The van der Waals surface area contributed by atoms with E-state index in [0.29, 0.717) is 11.3 Å². The van der Waals surface area contributed by atoms with Crippen LogP contribution in [0, 0.1) is 5.82 Å². The minimum atomic E-state index is -0.544. The number of ether oxygens (including phenoxy) is 1. The standard InChI is InChI=1S/C14H10ClFO2/c15-12-8-10(6-7-13(12)16)14(17)9-18-11-4-2-1-3-5-11/h1-8H,9H2. The molecule has 18 heavy (non-hydrogen) atoms. The lowest BCUT2D eigenvalue weighted by atomic mass is 10.1. The Morgan fingerprint density at radius 2 is 1.89 bits per heavy atom. The molecule has 0 amide bonds. The van der Waals surface area contributed by atoms with Gasteiger partial charge in [0.15, 0.2) is 12.4 Å². The van der Waals surface area contributed by atoms with Gasteiger partial charge in [0.25, 0.3) is 0 Å². The van der Waals surface area contributed by atoms with Crippen molar-refractivity contribution in [3.8, 4) is 5.75 Å². The number of carbonyl (C=O) groups excluding carboxylic acids is 1. The highest BCUT2D eigenvalue weighted by atomic mass is 35.5. The van der Waals surface area contributed by atoms with Crippen LogP contribution in [0.1, 0.15) is 10.4 Å². The minimum absolute atomic E-state index is 0.0689. The summed E-state index contributed by atoms with van der Waals surface area (Å²) in [5.41, 5.74) is 0.331. The van der Waals surface area contributed by atoms with Crippen molar-refractivity contribution >= 4 is 17.4 Å². The van der Waals surface area contributed by atoms with Crippen molar-refractivity contribution in [2.45, 2.75) is 0 Å². The summed E-state index contributed by atoms with van der Waals surface area (Å²) in [5, 5.41) is -0.0689. The second-order valence-corrected chi connectivity index (χ2v) is 4.06. The highest BCUT2D eigenvalue weighted by Crippen LogP contribution is 2.17. The van der Waals surface area contributed by atoms with Gasteiger partial charge in [0.2, 0.25) is 0 Å². The van der Waals surface area contributed by atoms with E-state index in [1.54, 1.807) is 12.1 Å². The van der Waals surface area contributed by atoms with Crippen LogP contribution in [0.2, 0.25) is 5.02 Å². The number of rotatable bonds is 4. The van der Waals surface area contributed by atoms with Crippen molar-refractivity contribution in [3.05, 3.63) is 64.9 Å². The molecule has 0 fully saturated rings. The molecule has 0 aliphatic rings. The normalized spacial score (nSPS) is 10.1. The second kappa shape index (κ2) is 5.65. The van der Waals surface area contributed by atoms with Gasteiger partial charge in [-0.15, -0.1) is 0 Å². The maximum Gasteiger partial charge on any atom is 0.200 e. The molecular formula is C14H10ClFO2. The molecule has 2 nitrogen and oxygen atoms in total. The van der Waals surface area contributed by atoms with Gasteiger partial charge in [-0.05, 0) is 30.3 Å². The first-order valence-corrected chi connectivity index (χ1v) is 5.71. The molecule has 2 aromatic carbocycles. The Labute approximate surface area is 109 Å². The number of ketones is 1. The molecule has 0 saturated heterocycles. The summed E-state index contributed by atoms with van der Waals surface area (Å²) in [6, 6.07) is 12.8. The van der Waals surface area contributed by atoms with Crippen molar-refractivity contribution in [1.29, 1.82) is 0 Å². The van der Waals surface area contributed by atoms with Gasteiger partial charge in [0, 0.05) is 5.56 Å². The fraction of sp³-hybridized carbons (Fsp3) is 0.0714. The first-order chi connectivity index (χ1) is 8.66. The fourth-order valence-corrected chi connectivity index (χ4v) is 1.60. The van der Waals surface area contributed by atoms with Crippen LogP contribution in [0.25, 0.3) is 0 Å². The van der Waals surface area contributed by atoms with Gasteiger partial charge in [-0.2, -0.15) is 0 Å². The summed E-state index contributed by atoms with van der Waals surface area (Å²) in [6.07, 6.45) is 0. The Bertz CT molecular complexity index is 555. The van der Waals surface area contributed by atoms with Gasteiger partial charge >= 0.3 is 0 Å². The smallest absolute Gasteiger partial charge is 0.200 e. The Balaban J connectivity index is 2.02. The second-order valence-electron chi connectivity index (χ2n) is 3.65. The lowest BCUT2D eigenvalue weighted by Gasteiger charge is -2.05. The van der Waals surface area contributed by atoms with E-state index in [2.05, 4.69) is 0 Å². The molecule has 0 heterocycles. The number of benzene rings is 2. The summed E-state index contributed by atoms with van der Waals surface area (Å²) in [7, 11) is 0. The average molecular weight is 265 g/mol. The molecule has 92 valence electrons. The molecule has 0 atom stereocenters. The minimum Gasteiger partial charge on any atom is -0.485 e. The first-order valence-electron chi connectivity index (χ1n) is 5.33. The molecular weight excluding hydrogens is 255 g/mol. The highest BCUT2D eigenvalue weighted by Gasteiger charge is 2.09. The Morgan fingerprint density at radius 3 is 2.56 bits per heavy atom. The molecule has 0 aromatic heterocycles. The van der Waals surface area contributed by atoms with E-state index in [4.69, 9.17) is 16.3 Å². The molecule has 2 aromatic rings. The van der Waals surface area contributed by atoms with Crippen molar-refractivity contribution in [2.75, 3.05) is 6.61 Å². The lowest BCUT2D eigenvalue weighted by Crippen LogP contribution is -2.11. The maximum absolute atomic E-state index is 12.9. The number of Topliss-reactive ketones (excluding diaryl/α,β-unsaturated/α-hetero) is 1. The Kier molecular flexibility index (Phi) is 3.95. The van der Waals surface area contributed by atoms with E-state index in [9.17, 15) is 9.18 Å². The van der Waals surface area contributed by atoms with Crippen LogP contribution in [0.3, 0.4) is 0 Å². The first kappa shape index (κ1) is 12.6. The lowest BCUT2D eigenvalue weighted by molar-refractivity contribution is 0.0921. The Hall–Kier alpha value is -1.87. The monoisotopic (exact) mass is 264 g/mol. The van der Waals surface area contributed by atoms with Crippen LogP contribution in [0.15, 0.2) is 48.5 Å². The van der Waals surface area contributed by atoms with E-state index in [1.165, 1.54) is 12.1 Å². The zero-order valence-corrected chi connectivity index (χ0v) is 10.2. The largest absolute Gasteiger partial charge is 0.485 e. The van der Waals surface area contributed by atoms with Crippen LogP contribution < -0.4 is 4.74 Å². The third-order valence-electron chi connectivity index (χ3n) is 2.35. The van der Waals surface area contributed by atoms with E-state index < -0.39 is 5.82 Å².